The molecule has 0 radical (unpaired) electrons. The van der Waals surface area contributed by atoms with Gasteiger partial charge in [-0.2, -0.15) is 0 Å². The summed E-state index contributed by atoms with van der Waals surface area (Å²) in [6.45, 7) is 16.3. The third-order valence-electron chi connectivity index (χ3n) is 7.07. The van der Waals surface area contributed by atoms with Crippen LogP contribution in [-0.2, 0) is 14.3 Å². The zero-order valence-corrected chi connectivity index (χ0v) is 24.1. The van der Waals surface area contributed by atoms with Crippen LogP contribution in [0.4, 0.5) is 4.79 Å². The number of benzene rings is 1. The number of carbonyl (C=O) groups excluding carboxylic acids is 3. The van der Waals surface area contributed by atoms with E-state index in [1.807, 2.05) is 44.2 Å². The first-order valence-electron chi connectivity index (χ1n) is 13.9. The van der Waals surface area contributed by atoms with Crippen LogP contribution in [-0.4, -0.2) is 36.1 Å². The molecule has 1 aliphatic rings. The number of hydrogen-bond acceptors (Lipinski definition) is 4. The van der Waals surface area contributed by atoms with E-state index in [0.717, 1.165) is 24.8 Å². The summed E-state index contributed by atoms with van der Waals surface area (Å²) in [5.41, 5.74) is 0.235. The second-order valence-electron chi connectivity index (χ2n) is 12.5. The molecule has 0 aromatic heterocycles. The predicted octanol–water partition coefficient (Wildman–Crippen LogP) is 5.61. The molecule has 1 fully saturated rings. The Bertz CT molecular complexity index is 879. The van der Waals surface area contributed by atoms with Crippen LogP contribution in [0.5, 0.6) is 0 Å². The molecular weight excluding hydrogens is 466 g/mol. The Labute approximate surface area is 223 Å². The zero-order valence-electron chi connectivity index (χ0n) is 24.1. The van der Waals surface area contributed by atoms with Crippen LogP contribution >= 0.6 is 0 Å². The maximum Gasteiger partial charge on any atom is 0.408 e. The average molecular weight is 516 g/mol. The van der Waals surface area contributed by atoms with Crippen molar-refractivity contribution >= 4 is 17.9 Å². The molecular formula is C30H49N3O4. The molecule has 0 spiro atoms. The summed E-state index contributed by atoms with van der Waals surface area (Å²) in [4.78, 5) is 39.2. The number of rotatable bonds is 10. The first-order valence-corrected chi connectivity index (χ1v) is 13.9. The Balaban J connectivity index is 2.15. The van der Waals surface area contributed by atoms with Crippen molar-refractivity contribution in [3.63, 3.8) is 0 Å². The Morgan fingerprint density at radius 3 is 2.22 bits per heavy atom. The third-order valence-corrected chi connectivity index (χ3v) is 7.07. The fourth-order valence-corrected chi connectivity index (χ4v) is 5.20. The molecule has 1 aromatic rings. The lowest BCUT2D eigenvalue weighted by Crippen LogP contribution is -2.51. The second kappa shape index (κ2) is 13.8. The van der Waals surface area contributed by atoms with Gasteiger partial charge in [0.1, 0.15) is 11.6 Å². The van der Waals surface area contributed by atoms with Gasteiger partial charge in [0.2, 0.25) is 11.8 Å². The molecule has 3 amide bonds. The highest BCUT2D eigenvalue weighted by Crippen LogP contribution is 2.38. The van der Waals surface area contributed by atoms with Gasteiger partial charge in [-0.25, -0.2) is 4.79 Å². The van der Waals surface area contributed by atoms with Crippen LogP contribution in [0.2, 0.25) is 0 Å². The first-order chi connectivity index (χ1) is 17.3. The number of hydrogen-bond donors (Lipinski definition) is 3. The van der Waals surface area contributed by atoms with Crippen molar-refractivity contribution in [3.05, 3.63) is 35.9 Å². The van der Waals surface area contributed by atoms with Crippen molar-refractivity contribution in [3.8, 4) is 0 Å². The summed E-state index contributed by atoms with van der Waals surface area (Å²) >= 11 is 0. The molecule has 37 heavy (non-hydrogen) atoms. The highest BCUT2D eigenvalue weighted by Gasteiger charge is 2.36. The number of alkyl carbamates (subject to hydrolysis) is 1. The van der Waals surface area contributed by atoms with Gasteiger partial charge in [0.15, 0.2) is 0 Å². The number of amides is 3. The van der Waals surface area contributed by atoms with Gasteiger partial charge in [-0.05, 0) is 69.3 Å². The molecule has 2 rings (SSSR count). The standard InChI is InChI=1S/C30H49N3O4/c1-19(2)16-25(33-29(36)37-30(6,7)8)28(35)32-26(22-12-10-9-11-13-22)18-31-27(34)24-17-21(5)14-15-23(24)20(3)4/h9-13,19-21,23-26H,14-18H2,1-8H3,(H,31,34)(H,32,35)(H,33,36)/t21-,23+,24-,25+,26-/m1/s1. The summed E-state index contributed by atoms with van der Waals surface area (Å²) < 4.78 is 5.39. The molecule has 5 atom stereocenters. The van der Waals surface area contributed by atoms with Crippen molar-refractivity contribution in [1.82, 2.24) is 16.0 Å². The van der Waals surface area contributed by atoms with Crippen LogP contribution in [0.3, 0.4) is 0 Å². The fourth-order valence-electron chi connectivity index (χ4n) is 5.20. The zero-order chi connectivity index (χ0) is 27.8. The highest BCUT2D eigenvalue weighted by atomic mass is 16.6. The number of nitrogens with one attached hydrogen (secondary N) is 3. The predicted molar refractivity (Wildman–Crippen MR) is 148 cm³/mol. The van der Waals surface area contributed by atoms with E-state index in [2.05, 4.69) is 36.7 Å². The Morgan fingerprint density at radius 1 is 1.00 bits per heavy atom. The molecule has 0 unspecified atom stereocenters. The Hall–Kier alpha value is -2.57. The molecule has 7 nitrogen and oxygen atoms in total. The third kappa shape index (κ3) is 10.4. The van der Waals surface area contributed by atoms with Crippen LogP contribution in [0.25, 0.3) is 0 Å². The van der Waals surface area contributed by atoms with Crippen molar-refractivity contribution in [1.29, 1.82) is 0 Å². The lowest BCUT2D eigenvalue weighted by molar-refractivity contribution is -0.130. The maximum absolute atomic E-state index is 13.4. The summed E-state index contributed by atoms with van der Waals surface area (Å²) in [6.07, 6.45) is 2.98. The van der Waals surface area contributed by atoms with E-state index < -0.39 is 23.8 Å². The van der Waals surface area contributed by atoms with Crippen molar-refractivity contribution in [2.24, 2.45) is 29.6 Å². The summed E-state index contributed by atoms with van der Waals surface area (Å²) in [5.74, 6) is 1.28. The summed E-state index contributed by atoms with van der Waals surface area (Å²) in [7, 11) is 0. The molecule has 3 N–H and O–H groups in total. The summed E-state index contributed by atoms with van der Waals surface area (Å²) in [5, 5.41) is 8.97. The van der Waals surface area contributed by atoms with Crippen molar-refractivity contribution in [2.45, 2.75) is 98.8 Å². The topological polar surface area (TPSA) is 96.5 Å². The average Bonchev–Trinajstić information content (AvgIpc) is 2.79. The van der Waals surface area contributed by atoms with E-state index >= 15 is 0 Å². The fraction of sp³-hybridized carbons (Fsp3) is 0.700. The molecule has 1 aromatic carbocycles. The molecule has 0 heterocycles. The lowest BCUT2D eigenvalue weighted by atomic mass is 9.70. The molecule has 1 saturated carbocycles. The molecule has 208 valence electrons. The molecule has 7 heteroatoms. The van der Waals surface area contributed by atoms with Gasteiger partial charge >= 0.3 is 6.09 Å². The minimum absolute atomic E-state index is 0.0154. The highest BCUT2D eigenvalue weighted by molar-refractivity contribution is 5.86. The van der Waals surface area contributed by atoms with Gasteiger partial charge in [0.05, 0.1) is 6.04 Å². The largest absolute Gasteiger partial charge is 0.444 e. The smallest absolute Gasteiger partial charge is 0.408 e. The number of carbonyl (C=O) groups is 3. The van der Waals surface area contributed by atoms with E-state index in [-0.39, 0.29) is 30.2 Å². The van der Waals surface area contributed by atoms with Crippen LogP contribution < -0.4 is 16.0 Å². The van der Waals surface area contributed by atoms with Crippen LogP contribution in [0, 0.1) is 29.6 Å². The van der Waals surface area contributed by atoms with E-state index in [0.29, 0.717) is 24.2 Å². The monoisotopic (exact) mass is 515 g/mol. The molecule has 1 aliphatic carbocycles. The van der Waals surface area contributed by atoms with Crippen LogP contribution in [0.1, 0.15) is 92.7 Å². The molecule has 0 bridgehead atoms. The second-order valence-corrected chi connectivity index (χ2v) is 12.5. The molecule has 0 saturated heterocycles. The van der Waals surface area contributed by atoms with Crippen LogP contribution in [0.15, 0.2) is 30.3 Å². The SMILES string of the molecule is CC(C)C[C@H](NC(=O)OC(C)(C)C)C(=O)N[C@H](CNC(=O)[C@@H]1C[C@H](C)CC[C@H]1C(C)C)c1ccccc1. The van der Waals surface area contributed by atoms with E-state index in [1.54, 1.807) is 20.8 Å². The van der Waals surface area contributed by atoms with Crippen molar-refractivity contribution in [2.75, 3.05) is 6.54 Å². The van der Waals surface area contributed by atoms with Gasteiger partial charge in [-0.15, -0.1) is 0 Å². The normalized spacial score (nSPS) is 21.7. The number of ether oxygens (including phenoxy) is 1. The minimum Gasteiger partial charge on any atom is -0.444 e. The van der Waals surface area contributed by atoms with Gasteiger partial charge in [-0.1, -0.05) is 71.4 Å². The minimum atomic E-state index is -0.749. The van der Waals surface area contributed by atoms with Gasteiger partial charge < -0.3 is 20.7 Å². The van der Waals surface area contributed by atoms with E-state index in [4.69, 9.17) is 4.74 Å². The quantitative estimate of drug-likeness (QED) is 0.377. The molecule has 0 aliphatic heterocycles. The maximum atomic E-state index is 13.4. The Kier molecular flexibility index (Phi) is 11.5. The lowest BCUT2D eigenvalue weighted by Gasteiger charge is -2.36. The van der Waals surface area contributed by atoms with E-state index in [9.17, 15) is 14.4 Å². The Morgan fingerprint density at radius 2 is 1.65 bits per heavy atom. The van der Waals surface area contributed by atoms with Gasteiger partial charge in [-0.3, -0.25) is 9.59 Å². The van der Waals surface area contributed by atoms with Gasteiger partial charge in [0, 0.05) is 12.5 Å². The van der Waals surface area contributed by atoms with Crippen molar-refractivity contribution < 1.29 is 19.1 Å². The first kappa shape index (κ1) is 30.7. The van der Waals surface area contributed by atoms with Gasteiger partial charge in [0.25, 0.3) is 0 Å². The van der Waals surface area contributed by atoms with E-state index in [1.165, 1.54) is 0 Å². The summed E-state index contributed by atoms with van der Waals surface area (Å²) in [6, 6.07) is 8.46.